The Kier molecular flexibility index (Phi) is 3.55. The quantitative estimate of drug-likeness (QED) is 0.823. The second kappa shape index (κ2) is 4.53. The van der Waals surface area contributed by atoms with Crippen LogP contribution in [0.1, 0.15) is 32.4 Å². The van der Waals surface area contributed by atoms with E-state index in [0.29, 0.717) is 11.3 Å². The number of carboxylic acid groups (broad SMARTS) is 1. The van der Waals surface area contributed by atoms with Gasteiger partial charge in [-0.05, 0) is 38.5 Å². The highest BCUT2D eigenvalue weighted by Crippen LogP contribution is 2.21. The Balaban J connectivity index is 2.79. The van der Waals surface area contributed by atoms with Crippen LogP contribution in [-0.2, 0) is 4.79 Å². The second-order valence-electron chi connectivity index (χ2n) is 4.52. The summed E-state index contributed by atoms with van der Waals surface area (Å²) in [4.78, 5) is 10.5. The highest BCUT2D eigenvalue weighted by Gasteiger charge is 2.16. The third kappa shape index (κ3) is 3.55. The average molecular weight is 224 g/mol. The molecule has 1 atom stereocenters. The van der Waals surface area contributed by atoms with Crippen molar-refractivity contribution in [1.82, 2.24) is 0 Å². The Morgan fingerprint density at radius 3 is 2.12 bits per heavy atom. The van der Waals surface area contributed by atoms with Gasteiger partial charge in [0.15, 0.2) is 6.10 Å². The zero-order chi connectivity index (χ0) is 12.3. The number of aliphatic carboxylic acids is 1. The number of benzene rings is 1. The van der Waals surface area contributed by atoms with Gasteiger partial charge in [0.2, 0.25) is 0 Å². The van der Waals surface area contributed by atoms with E-state index in [-0.39, 0.29) is 5.60 Å². The number of ether oxygens (including phenoxy) is 1. The largest absolute Gasteiger partial charge is 0.488 e. The molecule has 88 valence electrons. The first kappa shape index (κ1) is 12.5. The molecule has 1 aromatic rings. The molecule has 1 unspecified atom stereocenters. The molecule has 16 heavy (non-hydrogen) atoms. The molecular formula is C12H16O4. The molecule has 0 amide bonds. The maximum Gasteiger partial charge on any atom is 0.337 e. The van der Waals surface area contributed by atoms with Gasteiger partial charge in [-0.15, -0.1) is 0 Å². The lowest BCUT2D eigenvalue weighted by atomic mass is 10.1. The summed E-state index contributed by atoms with van der Waals surface area (Å²) in [6.45, 7) is 5.77. The zero-order valence-electron chi connectivity index (χ0n) is 9.60. The summed E-state index contributed by atoms with van der Waals surface area (Å²) in [6.07, 6.45) is -1.48. The molecule has 4 heteroatoms. The van der Waals surface area contributed by atoms with E-state index in [1.807, 2.05) is 20.8 Å². The minimum atomic E-state index is -1.48. The molecular weight excluding hydrogens is 208 g/mol. The third-order valence-electron chi connectivity index (χ3n) is 1.85. The van der Waals surface area contributed by atoms with Crippen molar-refractivity contribution in [3.8, 4) is 5.75 Å². The number of hydrogen-bond acceptors (Lipinski definition) is 3. The monoisotopic (exact) mass is 224 g/mol. The molecule has 0 saturated carbocycles. The van der Waals surface area contributed by atoms with Crippen molar-refractivity contribution in [1.29, 1.82) is 0 Å². The fraction of sp³-hybridized carbons (Fsp3) is 0.417. The number of aliphatic hydroxyl groups excluding tert-OH is 1. The maximum absolute atomic E-state index is 10.5. The van der Waals surface area contributed by atoms with Crippen LogP contribution in [0.3, 0.4) is 0 Å². The van der Waals surface area contributed by atoms with Crippen LogP contribution < -0.4 is 4.74 Å². The predicted octanol–water partition coefficient (Wildman–Crippen LogP) is 1.98. The lowest BCUT2D eigenvalue weighted by molar-refractivity contribution is -0.146. The molecule has 0 radical (unpaired) electrons. The van der Waals surface area contributed by atoms with Gasteiger partial charge in [0.05, 0.1) is 0 Å². The number of aliphatic hydroxyl groups is 1. The van der Waals surface area contributed by atoms with E-state index in [1.54, 1.807) is 24.3 Å². The molecule has 0 spiro atoms. The summed E-state index contributed by atoms with van der Waals surface area (Å²) in [5, 5.41) is 17.9. The minimum absolute atomic E-state index is 0.299. The molecule has 0 aliphatic heterocycles. The number of carboxylic acids is 1. The number of carbonyl (C=O) groups is 1. The first-order chi connectivity index (χ1) is 7.29. The van der Waals surface area contributed by atoms with Gasteiger partial charge in [0.25, 0.3) is 0 Å². The van der Waals surface area contributed by atoms with Crippen LogP contribution in [0, 0.1) is 0 Å². The lowest BCUT2D eigenvalue weighted by Crippen LogP contribution is -2.22. The van der Waals surface area contributed by atoms with Crippen LogP contribution in [0.2, 0.25) is 0 Å². The molecule has 0 bridgehead atoms. The van der Waals surface area contributed by atoms with E-state index in [1.165, 1.54) is 0 Å². The van der Waals surface area contributed by atoms with E-state index >= 15 is 0 Å². The fourth-order valence-corrected chi connectivity index (χ4v) is 1.21. The van der Waals surface area contributed by atoms with Gasteiger partial charge >= 0.3 is 5.97 Å². The molecule has 0 aliphatic rings. The van der Waals surface area contributed by atoms with Gasteiger partial charge in [-0.25, -0.2) is 4.79 Å². The first-order valence-electron chi connectivity index (χ1n) is 4.99. The van der Waals surface area contributed by atoms with E-state index in [0.717, 1.165) is 0 Å². The highest BCUT2D eigenvalue weighted by molar-refractivity contribution is 5.74. The van der Waals surface area contributed by atoms with Crippen molar-refractivity contribution in [2.24, 2.45) is 0 Å². The van der Waals surface area contributed by atoms with Crippen molar-refractivity contribution in [3.05, 3.63) is 29.8 Å². The summed E-state index contributed by atoms with van der Waals surface area (Å²) in [5.41, 5.74) is 0.0428. The van der Waals surface area contributed by atoms with E-state index < -0.39 is 12.1 Å². The Labute approximate surface area is 94.5 Å². The van der Waals surface area contributed by atoms with Crippen molar-refractivity contribution in [2.75, 3.05) is 0 Å². The first-order valence-corrected chi connectivity index (χ1v) is 4.99. The van der Waals surface area contributed by atoms with Crippen LogP contribution in [-0.4, -0.2) is 21.8 Å². The van der Waals surface area contributed by atoms with Gasteiger partial charge < -0.3 is 14.9 Å². The Morgan fingerprint density at radius 2 is 1.75 bits per heavy atom. The average Bonchev–Trinajstić information content (AvgIpc) is 2.15. The van der Waals surface area contributed by atoms with Gasteiger partial charge in [-0.1, -0.05) is 12.1 Å². The van der Waals surface area contributed by atoms with Crippen molar-refractivity contribution in [3.63, 3.8) is 0 Å². The van der Waals surface area contributed by atoms with E-state index in [2.05, 4.69) is 0 Å². The molecule has 0 saturated heterocycles. The van der Waals surface area contributed by atoms with Gasteiger partial charge in [-0.3, -0.25) is 0 Å². The highest BCUT2D eigenvalue weighted by atomic mass is 16.5. The fourth-order valence-electron chi connectivity index (χ4n) is 1.21. The molecule has 0 fully saturated rings. The zero-order valence-corrected chi connectivity index (χ0v) is 9.60. The molecule has 2 N–H and O–H groups in total. The predicted molar refractivity (Wildman–Crippen MR) is 59.4 cm³/mol. The Bertz CT molecular complexity index is 362. The van der Waals surface area contributed by atoms with Crippen LogP contribution in [0.15, 0.2) is 24.3 Å². The molecule has 0 aromatic heterocycles. The smallest absolute Gasteiger partial charge is 0.337 e. The van der Waals surface area contributed by atoms with Crippen molar-refractivity contribution < 1.29 is 19.7 Å². The van der Waals surface area contributed by atoms with Gasteiger partial charge in [-0.2, -0.15) is 0 Å². The SMILES string of the molecule is CC(C)(C)Oc1ccc(C(O)C(=O)O)cc1. The van der Waals surface area contributed by atoms with E-state index in [4.69, 9.17) is 9.84 Å². The molecule has 0 heterocycles. The summed E-state index contributed by atoms with van der Waals surface area (Å²) in [5.74, 6) is -0.613. The standard InChI is InChI=1S/C12H16O4/c1-12(2,3)16-9-6-4-8(5-7-9)10(13)11(14)15/h4-7,10,13H,1-3H3,(H,14,15). The van der Waals surface area contributed by atoms with Gasteiger partial charge in [0.1, 0.15) is 11.4 Å². The van der Waals surface area contributed by atoms with Crippen LogP contribution in [0.25, 0.3) is 0 Å². The molecule has 1 rings (SSSR count). The molecule has 1 aromatic carbocycles. The third-order valence-corrected chi connectivity index (χ3v) is 1.85. The topological polar surface area (TPSA) is 66.8 Å². The minimum Gasteiger partial charge on any atom is -0.488 e. The van der Waals surface area contributed by atoms with E-state index in [9.17, 15) is 9.90 Å². The van der Waals surface area contributed by atoms with Gasteiger partial charge in [0, 0.05) is 0 Å². The number of rotatable bonds is 3. The number of hydrogen-bond donors (Lipinski definition) is 2. The Morgan fingerprint density at radius 1 is 1.25 bits per heavy atom. The van der Waals surface area contributed by atoms with Crippen LogP contribution >= 0.6 is 0 Å². The second-order valence-corrected chi connectivity index (χ2v) is 4.52. The maximum atomic E-state index is 10.5. The summed E-state index contributed by atoms with van der Waals surface area (Å²) in [6, 6.07) is 6.37. The Hall–Kier alpha value is -1.55. The normalized spacial score (nSPS) is 13.2. The summed E-state index contributed by atoms with van der Waals surface area (Å²) in [7, 11) is 0. The van der Waals surface area contributed by atoms with Crippen LogP contribution in [0.5, 0.6) is 5.75 Å². The molecule has 0 aliphatic carbocycles. The summed E-state index contributed by atoms with van der Waals surface area (Å²) < 4.78 is 5.57. The van der Waals surface area contributed by atoms with Crippen LogP contribution in [0.4, 0.5) is 0 Å². The molecule has 4 nitrogen and oxygen atoms in total. The summed E-state index contributed by atoms with van der Waals surface area (Å²) >= 11 is 0. The van der Waals surface area contributed by atoms with Crippen molar-refractivity contribution in [2.45, 2.75) is 32.5 Å². The van der Waals surface area contributed by atoms with Crippen molar-refractivity contribution >= 4 is 5.97 Å². The lowest BCUT2D eigenvalue weighted by Gasteiger charge is -2.21.